The van der Waals surface area contributed by atoms with Crippen LogP contribution in [0.15, 0.2) is 106 Å². The Labute approximate surface area is 253 Å². The first-order valence-electron chi connectivity index (χ1n) is 15.0. The summed E-state index contributed by atoms with van der Waals surface area (Å²) >= 11 is 0. The average molecular weight is 610 g/mol. The molecule has 4 aliphatic carbocycles. The fourth-order valence-corrected chi connectivity index (χ4v) is 11.4. The maximum atomic E-state index is 13.1. The van der Waals surface area contributed by atoms with Gasteiger partial charge < -0.3 is 9.16 Å². The molecule has 224 valence electrons. The lowest BCUT2D eigenvalue weighted by Crippen LogP contribution is -2.60. The highest BCUT2D eigenvalue weighted by atomic mass is 32.2. The van der Waals surface area contributed by atoms with Gasteiger partial charge in [0, 0.05) is 12.3 Å². The van der Waals surface area contributed by atoms with Crippen LogP contribution >= 0.6 is 0 Å². The van der Waals surface area contributed by atoms with Crippen molar-refractivity contribution in [3.8, 4) is 0 Å². The molecule has 7 heteroatoms. The summed E-state index contributed by atoms with van der Waals surface area (Å²) in [5.41, 5.74) is -0.250. The van der Waals surface area contributed by atoms with Crippen LogP contribution in [0, 0.1) is 17.3 Å². The standard InChI is InChI=1S/C18H15S.C17H28F2O3Si/c1-4-10-16(11-5-1)19(17-12-6-2-7-13-17)18-14-8-3-9-15-18;1-15(18,19)14(20)21-11-16-6-12-5-13(7-16)9-17(8-12,10-16)22-23(2,3)4/h1-15H;12-13H,5-11H2,1-4H3/q+1;. The molecule has 3 aromatic carbocycles. The van der Waals surface area contributed by atoms with E-state index in [1.807, 2.05) is 0 Å². The molecule has 0 aromatic heterocycles. The van der Waals surface area contributed by atoms with E-state index in [1.165, 1.54) is 21.1 Å². The normalized spacial score (nSPS) is 26.5. The highest BCUT2D eigenvalue weighted by molar-refractivity contribution is 7.97. The first-order valence-corrected chi connectivity index (χ1v) is 19.6. The molecule has 2 unspecified atom stereocenters. The van der Waals surface area contributed by atoms with Crippen LogP contribution in [0.4, 0.5) is 8.78 Å². The van der Waals surface area contributed by atoms with Gasteiger partial charge in [-0.05, 0) is 106 Å². The topological polar surface area (TPSA) is 35.5 Å². The molecule has 0 aliphatic heterocycles. The lowest BCUT2D eigenvalue weighted by molar-refractivity contribution is -0.193. The van der Waals surface area contributed by atoms with Crippen molar-refractivity contribution in [2.24, 2.45) is 17.3 Å². The number of hydrogen-bond donors (Lipinski definition) is 0. The van der Waals surface area contributed by atoms with Crippen molar-refractivity contribution in [3.63, 3.8) is 0 Å². The number of ether oxygens (including phenoxy) is 1. The lowest BCUT2D eigenvalue weighted by Gasteiger charge is -2.62. The second-order valence-corrected chi connectivity index (χ2v) is 20.0. The zero-order chi connectivity index (χ0) is 30.0. The second-order valence-electron chi connectivity index (χ2n) is 13.6. The van der Waals surface area contributed by atoms with Crippen LogP contribution in [0.25, 0.3) is 0 Å². The largest absolute Gasteiger partial charge is 0.461 e. The molecule has 4 fully saturated rings. The van der Waals surface area contributed by atoms with E-state index in [9.17, 15) is 13.6 Å². The van der Waals surface area contributed by atoms with Crippen LogP contribution in [0.2, 0.25) is 19.6 Å². The second kappa shape index (κ2) is 12.3. The molecule has 3 aromatic rings. The van der Waals surface area contributed by atoms with Gasteiger partial charge in [-0.2, -0.15) is 8.78 Å². The Kier molecular flexibility index (Phi) is 9.03. The smallest absolute Gasteiger partial charge is 0.376 e. The summed E-state index contributed by atoms with van der Waals surface area (Å²) < 4.78 is 37.8. The van der Waals surface area contributed by atoms with Crippen molar-refractivity contribution in [1.29, 1.82) is 0 Å². The lowest BCUT2D eigenvalue weighted by atomic mass is 9.48. The summed E-state index contributed by atoms with van der Waals surface area (Å²) in [4.78, 5) is 15.6. The first-order chi connectivity index (χ1) is 19.9. The predicted molar refractivity (Wildman–Crippen MR) is 167 cm³/mol. The van der Waals surface area contributed by atoms with Crippen LogP contribution in [0.1, 0.15) is 45.4 Å². The van der Waals surface area contributed by atoms with Gasteiger partial charge in [0.25, 0.3) is 0 Å². The molecule has 42 heavy (non-hydrogen) atoms. The quantitative estimate of drug-likeness (QED) is 0.145. The Morgan fingerprint density at radius 3 is 1.62 bits per heavy atom. The van der Waals surface area contributed by atoms with Gasteiger partial charge in [0.15, 0.2) is 23.0 Å². The third-order valence-corrected chi connectivity index (χ3v) is 11.7. The SMILES string of the molecule is CC(F)(F)C(=O)OCC12CC3CC(C1)CC(O[Si](C)(C)C)(C3)C2.c1ccc([S+](c2ccccc2)c2ccccc2)cc1. The molecular weight excluding hydrogens is 567 g/mol. The Hall–Kier alpha value is -2.48. The molecule has 0 heterocycles. The maximum absolute atomic E-state index is 13.1. The van der Waals surface area contributed by atoms with Gasteiger partial charge in [-0.15, -0.1) is 0 Å². The van der Waals surface area contributed by atoms with E-state index < -0.39 is 20.2 Å². The van der Waals surface area contributed by atoms with Crippen molar-refractivity contribution >= 4 is 25.2 Å². The molecule has 0 saturated heterocycles. The number of alkyl halides is 2. The van der Waals surface area contributed by atoms with Crippen molar-refractivity contribution in [1.82, 2.24) is 0 Å². The first kappa shape index (κ1) is 31.0. The monoisotopic (exact) mass is 609 g/mol. The van der Waals surface area contributed by atoms with E-state index in [2.05, 4.69) is 111 Å². The number of rotatable bonds is 8. The van der Waals surface area contributed by atoms with Gasteiger partial charge in [-0.25, -0.2) is 4.79 Å². The molecule has 3 nitrogen and oxygen atoms in total. The third kappa shape index (κ3) is 7.53. The summed E-state index contributed by atoms with van der Waals surface area (Å²) in [6.07, 6.45) is 6.24. The molecule has 0 amide bonds. The molecule has 0 radical (unpaired) electrons. The molecule has 4 saturated carbocycles. The van der Waals surface area contributed by atoms with Gasteiger partial charge in [-0.3, -0.25) is 0 Å². The highest BCUT2D eigenvalue weighted by Gasteiger charge is 2.59. The van der Waals surface area contributed by atoms with Crippen molar-refractivity contribution < 1.29 is 22.7 Å². The number of benzene rings is 3. The molecule has 4 bridgehead atoms. The molecule has 7 rings (SSSR count). The van der Waals surface area contributed by atoms with E-state index in [0.717, 1.165) is 32.1 Å². The highest BCUT2D eigenvalue weighted by Crippen LogP contribution is 2.63. The zero-order valence-electron chi connectivity index (χ0n) is 25.2. The van der Waals surface area contributed by atoms with Crippen LogP contribution in [-0.2, 0) is 24.9 Å². The van der Waals surface area contributed by atoms with Gasteiger partial charge in [0.2, 0.25) is 0 Å². The number of hydrogen-bond acceptors (Lipinski definition) is 3. The molecular formula is C35H43F2O3SSi+. The summed E-state index contributed by atoms with van der Waals surface area (Å²) in [7, 11) is -1.69. The minimum Gasteiger partial charge on any atom is -0.461 e. The third-order valence-electron chi connectivity index (χ3n) is 8.46. The molecule has 0 spiro atoms. The number of halogens is 2. The Bertz CT molecular complexity index is 1220. The van der Waals surface area contributed by atoms with Gasteiger partial charge in [0.05, 0.1) is 23.1 Å². The number of esters is 1. The number of carbonyl (C=O) groups is 1. The van der Waals surface area contributed by atoms with E-state index in [-0.39, 0.29) is 28.5 Å². The van der Waals surface area contributed by atoms with Crippen molar-refractivity contribution in [2.75, 3.05) is 6.61 Å². The van der Waals surface area contributed by atoms with Gasteiger partial charge in [-0.1, -0.05) is 54.6 Å². The van der Waals surface area contributed by atoms with E-state index >= 15 is 0 Å². The van der Waals surface area contributed by atoms with Crippen LogP contribution in [0.5, 0.6) is 0 Å². The summed E-state index contributed by atoms with van der Waals surface area (Å²) in [5, 5.41) is 0. The van der Waals surface area contributed by atoms with Crippen molar-refractivity contribution in [2.45, 2.75) is 91.3 Å². The maximum Gasteiger partial charge on any atom is 0.376 e. The Morgan fingerprint density at radius 1 is 0.810 bits per heavy atom. The fourth-order valence-electron chi connectivity index (χ4n) is 7.73. The molecule has 2 atom stereocenters. The van der Waals surface area contributed by atoms with Crippen LogP contribution in [0.3, 0.4) is 0 Å². The minimum atomic E-state index is -3.41. The predicted octanol–water partition coefficient (Wildman–Crippen LogP) is 9.16. The van der Waals surface area contributed by atoms with Gasteiger partial charge in [0.1, 0.15) is 0 Å². The average Bonchev–Trinajstić information content (AvgIpc) is 2.91. The van der Waals surface area contributed by atoms with Crippen LogP contribution < -0.4 is 0 Å². The van der Waals surface area contributed by atoms with E-state index in [4.69, 9.17) is 9.16 Å². The zero-order valence-corrected chi connectivity index (χ0v) is 27.0. The fraction of sp³-hybridized carbons (Fsp3) is 0.457. The van der Waals surface area contributed by atoms with Crippen LogP contribution in [-0.4, -0.2) is 32.4 Å². The van der Waals surface area contributed by atoms with Crippen molar-refractivity contribution in [3.05, 3.63) is 91.0 Å². The molecule has 0 N–H and O–H groups in total. The van der Waals surface area contributed by atoms with Gasteiger partial charge >= 0.3 is 11.9 Å². The summed E-state index contributed by atoms with van der Waals surface area (Å²) in [6.45, 7) is 7.34. The Morgan fingerprint density at radius 2 is 1.24 bits per heavy atom. The summed E-state index contributed by atoms with van der Waals surface area (Å²) in [5.74, 6) is -3.62. The Balaban J connectivity index is 0.000000171. The van der Waals surface area contributed by atoms with E-state index in [0.29, 0.717) is 18.8 Å². The summed E-state index contributed by atoms with van der Waals surface area (Å²) in [6, 6.07) is 32.2. The number of carbonyl (C=O) groups excluding carboxylic acids is 1. The molecule has 4 aliphatic rings. The van der Waals surface area contributed by atoms with E-state index in [1.54, 1.807) is 0 Å². The minimum absolute atomic E-state index is 0.0146.